The Labute approximate surface area is 123 Å². The van der Waals surface area contributed by atoms with E-state index in [1.54, 1.807) is 6.20 Å². The molecule has 19 heavy (non-hydrogen) atoms. The van der Waals surface area contributed by atoms with Gasteiger partial charge >= 0.3 is 0 Å². The molecule has 0 radical (unpaired) electrons. The van der Waals surface area contributed by atoms with E-state index in [-0.39, 0.29) is 5.41 Å². The minimum Gasteiger partial charge on any atom is -0.354 e. The summed E-state index contributed by atoms with van der Waals surface area (Å²) in [6, 6.07) is 2.52. The second-order valence-electron chi connectivity index (χ2n) is 5.97. The Balaban J connectivity index is 2.54. The minimum atomic E-state index is 0.0445. The van der Waals surface area contributed by atoms with Crippen LogP contribution in [0, 0.1) is 0 Å². The van der Waals surface area contributed by atoms with Crippen molar-refractivity contribution in [1.29, 1.82) is 0 Å². The molecule has 0 aromatic carbocycles. The van der Waals surface area contributed by atoms with Gasteiger partial charge in [-0.15, -0.1) is 0 Å². The zero-order valence-electron chi connectivity index (χ0n) is 12.2. The SMILES string of the molecule is CC(CBr)N(C)c1nccn2nc(C(C)(C)C)cc12. The molecule has 1 unspecified atom stereocenters. The summed E-state index contributed by atoms with van der Waals surface area (Å²) in [5.41, 5.74) is 2.19. The van der Waals surface area contributed by atoms with Crippen molar-refractivity contribution < 1.29 is 0 Å². The second-order valence-corrected chi connectivity index (χ2v) is 6.62. The van der Waals surface area contributed by atoms with Crippen molar-refractivity contribution in [2.45, 2.75) is 39.2 Å². The lowest BCUT2D eigenvalue weighted by atomic mass is 9.92. The first kappa shape index (κ1) is 14.3. The molecular weight excluding hydrogens is 304 g/mol. The van der Waals surface area contributed by atoms with E-state index in [1.165, 1.54) is 0 Å². The first-order valence-electron chi connectivity index (χ1n) is 6.48. The number of anilines is 1. The van der Waals surface area contributed by atoms with Gasteiger partial charge in [0, 0.05) is 36.2 Å². The predicted molar refractivity (Wildman–Crippen MR) is 83.3 cm³/mol. The fraction of sp³-hybridized carbons (Fsp3) is 0.571. The number of aromatic nitrogens is 3. The van der Waals surface area contributed by atoms with E-state index < -0.39 is 0 Å². The number of nitrogens with zero attached hydrogens (tertiary/aromatic N) is 4. The van der Waals surface area contributed by atoms with Crippen LogP contribution in [0.25, 0.3) is 5.52 Å². The van der Waals surface area contributed by atoms with Crippen LogP contribution in [-0.2, 0) is 5.41 Å². The molecule has 0 saturated carbocycles. The summed E-state index contributed by atoms with van der Waals surface area (Å²) in [5.74, 6) is 0.970. The number of rotatable bonds is 3. The molecular formula is C14H21BrN4. The summed E-state index contributed by atoms with van der Waals surface area (Å²) in [4.78, 5) is 6.69. The molecule has 0 saturated heterocycles. The van der Waals surface area contributed by atoms with Crippen LogP contribution in [-0.4, -0.2) is 33.0 Å². The Morgan fingerprint density at radius 1 is 1.42 bits per heavy atom. The van der Waals surface area contributed by atoms with Crippen LogP contribution >= 0.6 is 15.9 Å². The van der Waals surface area contributed by atoms with Crippen LogP contribution in [0.4, 0.5) is 5.82 Å². The van der Waals surface area contributed by atoms with E-state index in [4.69, 9.17) is 0 Å². The highest BCUT2D eigenvalue weighted by molar-refractivity contribution is 9.09. The van der Waals surface area contributed by atoms with Crippen molar-refractivity contribution in [3.63, 3.8) is 0 Å². The van der Waals surface area contributed by atoms with Crippen molar-refractivity contribution in [2.75, 3.05) is 17.3 Å². The molecule has 2 heterocycles. The number of hydrogen-bond acceptors (Lipinski definition) is 3. The molecule has 1 atom stereocenters. The van der Waals surface area contributed by atoms with Gasteiger partial charge in [-0.1, -0.05) is 36.7 Å². The Bertz CT molecular complexity index is 570. The van der Waals surface area contributed by atoms with Gasteiger partial charge in [0.1, 0.15) is 5.52 Å². The summed E-state index contributed by atoms with van der Waals surface area (Å²) in [6.07, 6.45) is 3.71. The van der Waals surface area contributed by atoms with E-state index in [9.17, 15) is 0 Å². The Morgan fingerprint density at radius 3 is 2.68 bits per heavy atom. The quantitative estimate of drug-likeness (QED) is 0.812. The molecule has 2 aromatic rings. The molecule has 2 aromatic heterocycles. The summed E-state index contributed by atoms with van der Waals surface area (Å²) in [5, 5.41) is 5.56. The number of alkyl halides is 1. The maximum Gasteiger partial charge on any atom is 0.154 e. The number of halogens is 1. The molecule has 0 aliphatic carbocycles. The smallest absolute Gasteiger partial charge is 0.154 e. The molecule has 5 heteroatoms. The lowest BCUT2D eigenvalue weighted by molar-refractivity contribution is 0.562. The highest BCUT2D eigenvalue weighted by Gasteiger charge is 2.20. The van der Waals surface area contributed by atoms with Crippen LogP contribution in [0.2, 0.25) is 0 Å². The predicted octanol–water partition coefficient (Wildman–Crippen LogP) is 3.25. The van der Waals surface area contributed by atoms with Crippen molar-refractivity contribution in [3.05, 3.63) is 24.2 Å². The normalized spacial score (nSPS) is 13.8. The van der Waals surface area contributed by atoms with Gasteiger partial charge in [0.2, 0.25) is 0 Å². The first-order chi connectivity index (χ1) is 8.84. The van der Waals surface area contributed by atoms with E-state index in [1.807, 2.05) is 10.7 Å². The van der Waals surface area contributed by atoms with E-state index in [0.717, 1.165) is 22.4 Å². The van der Waals surface area contributed by atoms with Crippen molar-refractivity contribution in [3.8, 4) is 0 Å². The average Bonchev–Trinajstić information content (AvgIpc) is 2.80. The molecule has 4 nitrogen and oxygen atoms in total. The van der Waals surface area contributed by atoms with Gasteiger partial charge in [0.05, 0.1) is 5.69 Å². The van der Waals surface area contributed by atoms with Gasteiger partial charge in [-0.05, 0) is 13.0 Å². The molecule has 104 valence electrons. The Hall–Kier alpha value is -1.10. The third-order valence-electron chi connectivity index (χ3n) is 3.36. The van der Waals surface area contributed by atoms with E-state index in [0.29, 0.717) is 6.04 Å². The van der Waals surface area contributed by atoms with Gasteiger partial charge in [-0.25, -0.2) is 9.50 Å². The van der Waals surface area contributed by atoms with Gasteiger partial charge in [0.25, 0.3) is 0 Å². The van der Waals surface area contributed by atoms with E-state index in [2.05, 4.69) is 71.7 Å². The standard InChI is InChI=1S/C14H21BrN4/c1-10(9-15)18(5)13-11-8-12(14(2,3)4)17-19(11)7-6-16-13/h6-8,10H,9H2,1-5H3. The monoisotopic (exact) mass is 324 g/mol. The molecule has 0 N–H and O–H groups in total. The average molecular weight is 325 g/mol. The number of hydrogen-bond donors (Lipinski definition) is 0. The fourth-order valence-corrected chi connectivity index (χ4v) is 2.29. The molecule has 0 spiro atoms. The van der Waals surface area contributed by atoms with Crippen molar-refractivity contribution in [2.24, 2.45) is 0 Å². The zero-order valence-corrected chi connectivity index (χ0v) is 13.8. The van der Waals surface area contributed by atoms with Gasteiger partial charge in [0.15, 0.2) is 5.82 Å². The molecule has 2 rings (SSSR count). The minimum absolute atomic E-state index is 0.0445. The van der Waals surface area contributed by atoms with Gasteiger partial charge in [-0.3, -0.25) is 0 Å². The third kappa shape index (κ3) is 2.76. The van der Waals surface area contributed by atoms with Gasteiger partial charge < -0.3 is 4.90 Å². The lowest BCUT2D eigenvalue weighted by Gasteiger charge is -2.24. The van der Waals surface area contributed by atoms with Gasteiger partial charge in [-0.2, -0.15) is 5.10 Å². The lowest BCUT2D eigenvalue weighted by Crippen LogP contribution is -2.31. The van der Waals surface area contributed by atoms with Crippen LogP contribution in [0.1, 0.15) is 33.4 Å². The summed E-state index contributed by atoms with van der Waals surface area (Å²) >= 11 is 3.52. The first-order valence-corrected chi connectivity index (χ1v) is 7.60. The second kappa shape index (κ2) is 5.12. The van der Waals surface area contributed by atoms with Crippen LogP contribution < -0.4 is 4.90 Å². The van der Waals surface area contributed by atoms with Crippen LogP contribution in [0.3, 0.4) is 0 Å². The third-order valence-corrected chi connectivity index (χ3v) is 4.29. The van der Waals surface area contributed by atoms with E-state index >= 15 is 0 Å². The largest absolute Gasteiger partial charge is 0.354 e. The van der Waals surface area contributed by atoms with Crippen LogP contribution in [0.15, 0.2) is 18.5 Å². The van der Waals surface area contributed by atoms with Crippen molar-refractivity contribution in [1.82, 2.24) is 14.6 Å². The van der Waals surface area contributed by atoms with Crippen molar-refractivity contribution >= 4 is 27.3 Å². The molecule has 0 fully saturated rings. The molecule has 0 bridgehead atoms. The summed E-state index contributed by atoms with van der Waals surface area (Å²) in [7, 11) is 2.07. The Morgan fingerprint density at radius 2 is 2.11 bits per heavy atom. The Kier molecular flexibility index (Phi) is 3.85. The molecule has 0 amide bonds. The summed E-state index contributed by atoms with van der Waals surface area (Å²) in [6.45, 7) is 8.69. The number of fused-ring (bicyclic) bond motifs is 1. The zero-order chi connectivity index (χ0) is 14.2. The topological polar surface area (TPSA) is 33.4 Å². The molecule has 0 aliphatic heterocycles. The van der Waals surface area contributed by atoms with Crippen LogP contribution in [0.5, 0.6) is 0 Å². The molecule has 0 aliphatic rings. The fourth-order valence-electron chi connectivity index (χ4n) is 1.86. The maximum atomic E-state index is 4.65. The highest BCUT2D eigenvalue weighted by atomic mass is 79.9. The highest BCUT2D eigenvalue weighted by Crippen LogP contribution is 2.26. The maximum absolute atomic E-state index is 4.65. The summed E-state index contributed by atoms with van der Waals surface area (Å²) < 4.78 is 1.92.